The lowest BCUT2D eigenvalue weighted by Gasteiger charge is -2.25. The predicted molar refractivity (Wildman–Crippen MR) is 139 cm³/mol. The first-order valence-electron chi connectivity index (χ1n) is 14.2. The van der Waals surface area contributed by atoms with Gasteiger partial charge in [-0.25, -0.2) is 0 Å². The molecule has 196 valence electrons. The molecule has 1 atom stereocenters. The highest BCUT2D eigenvalue weighted by molar-refractivity contribution is 5.76. The fourth-order valence-electron chi connectivity index (χ4n) is 4.39. The highest BCUT2D eigenvalue weighted by atomic mass is 16.5. The largest absolute Gasteiger partial charge is 0.466 e. The third-order valence-electron chi connectivity index (χ3n) is 6.42. The minimum absolute atomic E-state index is 0.0988. The van der Waals surface area contributed by atoms with Gasteiger partial charge in [0.05, 0.1) is 18.6 Å². The van der Waals surface area contributed by atoms with Crippen molar-refractivity contribution in [1.82, 2.24) is 0 Å². The second-order valence-electron chi connectivity index (χ2n) is 10.7. The number of hydrogen-bond donors (Lipinski definition) is 0. The van der Waals surface area contributed by atoms with E-state index in [9.17, 15) is 9.59 Å². The first-order valence-corrected chi connectivity index (χ1v) is 14.2. The molecule has 0 aliphatic rings. The molecule has 0 N–H and O–H groups in total. The first kappa shape index (κ1) is 31.9. The van der Waals surface area contributed by atoms with Crippen LogP contribution in [0, 0.1) is 11.3 Å². The molecule has 0 aromatic heterocycles. The average molecular weight is 469 g/mol. The quantitative estimate of drug-likeness (QED) is 0.111. The molecular formula is C29H56O4. The van der Waals surface area contributed by atoms with Gasteiger partial charge in [-0.3, -0.25) is 9.59 Å². The Morgan fingerprint density at radius 1 is 0.636 bits per heavy atom. The van der Waals surface area contributed by atoms with Gasteiger partial charge < -0.3 is 9.47 Å². The zero-order valence-corrected chi connectivity index (χ0v) is 22.9. The van der Waals surface area contributed by atoms with Crippen molar-refractivity contribution in [1.29, 1.82) is 0 Å². The summed E-state index contributed by atoms with van der Waals surface area (Å²) in [6, 6.07) is 0. The molecule has 0 unspecified atom stereocenters. The molecule has 0 saturated carbocycles. The van der Waals surface area contributed by atoms with E-state index in [-0.39, 0.29) is 17.9 Å². The molecule has 4 nitrogen and oxygen atoms in total. The maximum Gasteiger partial charge on any atom is 0.311 e. The van der Waals surface area contributed by atoms with Crippen LogP contribution < -0.4 is 0 Å². The number of esters is 2. The molecule has 33 heavy (non-hydrogen) atoms. The van der Waals surface area contributed by atoms with Gasteiger partial charge in [-0.1, -0.05) is 111 Å². The van der Waals surface area contributed by atoms with Gasteiger partial charge in [0.25, 0.3) is 0 Å². The van der Waals surface area contributed by atoms with Gasteiger partial charge in [0, 0.05) is 6.42 Å². The zero-order chi connectivity index (χ0) is 24.8. The van der Waals surface area contributed by atoms with Crippen molar-refractivity contribution in [3.05, 3.63) is 0 Å². The molecule has 0 radical (unpaired) electrons. The second-order valence-corrected chi connectivity index (χ2v) is 10.7. The van der Waals surface area contributed by atoms with Gasteiger partial charge in [0.2, 0.25) is 0 Å². The van der Waals surface area contributed by atoms with Crippen LogP contribution in [0.5, 0.6) is 0 Å². The Labute approximate surface area is 206 Å². The minimum Gasteiger partial charge on any atom is -0.466 e. The van der Waals surface area contributed by atoms with E-state index >= 15 is 0 Å². The molecule has 0 aliphatic carbocycles. The van der Waals surface area contributed by atoms with Crippen molar-refractivity contribution in [2.75, 3.05) is 13.2 Å². The third kappa shape index (κ3) is 20.1. The van der Waals surface area contributed by atoms with Crippen molar-refractivity contribution < 1.29 is 19.1 Å². The van der Waals surface area contributed by atoms with E-state index in [2.05, 4.69) is 13.8 Å². The standard InChI is InChI=1S/C29H56O4/c1-6-8-10-12-14-16-18-20-22-32-27(30)24-26(3)25-29(4,5)28(31)33-23-21-19-17-15-13-11-9-7-2/h26H,6-25H2,1-5H3/t26-/m1/s1. The highest BCUT2D eigenvalue weighted by Crippen LogP contribution is 2.29. The molecule has 0 heterocycles. The van der Waals surface area contributed by atoms with Crippen LogP contribution in [0.3, 0.4) is 0 Å². The summed E-state index contributed by atoms with van der Waals surface area (Å²) in [6.07, 6.45) is 20.7. The fourth-order valence-corrected chi connectivity index (χ4v) is 4.39. The van der Waals surface area contributed by atoms with Crippen LogP contribution in [0.25, 0.3) is 0 Å². The molecule has 0 aliphatic heterocycles. The molecule has 0 amide bonds. The normalized spacial score (nSPS) is 12.5. The van der Waals surface area contributed by atoms with E-state index < -0.39 is 5.41 Å². The maximum absolute atomic E-state index is 12.5. The van der Waals surface area contributed by atoms with Crippen molar-refractivity contribution in [2.45, 2.75) is 150 Å². The van der Waals surface area contributed by atoms with Crippen LogP contribution in [-0.2, 0) is 19.1 Å². The first-order chi connectivity index (χ1) is 15.8. The van der Waals surface area contributed by atoms with Gasteiger partial charge in [0.15, 0.2) is 0 Å². The summed E-state index contributed by atoms with van der Waals surface area (Å²) in [5.74, 6) is -0.195. The van der Waals surface area contributed by atoms with Crippen LogP contribution in [0.4, 0.5) is 0 Å². The summed E-state index contributed by atoms with van der Waals surface area (Å²) in [5.41, 5.74) is -0.572. The Kier molecular flexibility index (Phi) is 20.8. The zero-order valence-electron chi connectivity index (χ0n) is 22.9. The van der Waals surface area contributed by atoms with Crippen LogP contribution in [0.1, 0.15) is 150 Å². The van der Waals surface area contributed by atoms with Crippen LogP contribution >= 0.6 is 0 Å². The smallest absolute Gasteiger partial charge is 0.311 e. The molecule has 0 spiro atoms. The van der Waals surface area contributed by atoms with E-state index in [1.165, 1.54) is 77.0 Å². The van der Waals surface area contributed by atoms with Crippen LogP contribution in [0.2, 0.25) is 0 Å². The number of carbonyl (C=O) groups excluding carboxylic acids is 2. The SMILES string of the molecule is CCCCCCCCCCOC(=O)C[C@@H](C)CC(C)(C)C(=O)OCCCCCCCCCC. The lowest BCUT2D eigenvalue weighted by molar-refractivity contribution is -0.156. The molecule has 4 heteroatoms. The summed E-state index contributed by atoms with van der Waals surface area (Å²) in [6.45, 7) is 11.4. The van der Waals surface area contributed by atoms with Gasteiger partial charge in [-0.15, -0.1) is 0 Å². The Bertz CT molecular complexity index is 472. The maximum atomic E-state index is 12.5. The molecule has 0 saturated heterocycles. The lowest BCUT2D eigenvalue weighted by atomic mass is 9.82. The van der Waals surface area contributed by atoms with Crippen LogP contribution in [-0.4, -0.2) is 25.2 Å². The van der Waals surface area contributed by atoms with Gasteiger partial charge in [0.1, 0.15) is 0 Å². The summed E-state index contributed by atoms with van der Waals surface area (Å²) in [5, 5.41) is 0. The van der Waals surface area contributed by atoms with Gasteiger partial charge >= 0.3 is 11.9 Å². The molecule has 0 aromatic rings. The summed E-state index contributed by atoms with van der Waals surface area (Å²) < 4.78 is 10.9. The van der Waals surface area contributed by atoms with E-state index in [4.69, 9.17) is 9.47 Å². The number of carbonyl (C=O) groups is 2. The lowest BCUT2D eigenvalue weighted by Crippen LogP contribution is -2.29. The van der Waals surface area contributed by atoms with Crippen molar-refractivity contribution in [3.63, 3.8) is 0 Å². The van der Waals surface area contributed by atoms with Crippen molar-refractivity contribution in [3.8, 4) is 0 Å². The Morgan fingerprint density at radius 2 is 1.03 bits per heavy atom. The highest BCUT2D eigenvalue weighted by Gasteiger charge is 2.32. The number of hydrogen-bond acceptors (Lipinski definition) is 4. The topological polar surface area (TPSA) is 52.6 Å². The van der Waals surface area contributed by atoms with E-state index in [1.807, 2.05) is 20.8 Å². The minimum atomic E-state index is -0.572. The molecule has 0 fully saturated rings. The molecule has 0 rings (SSSR count). The Balaban J connectivity index is 3.81. The van der Waals surface area contributed by atoms with E-state index in [0.717, 1.165) is 25.7 Å². The number of rotatable bonds is 23. The summed E-state index contributed by atoms with van der Waals surface area (Å²) in [4.78, 5) is 24.6. The van der Waals surface area contributed by atoms with Crippen molar-refractivity contribution >= 4 is 11.9 Å². The van der Waals surface area contributed by atoms with Gasteiger partial charge in [-0.2, -0.15) is 0 Å². The third-order valence-corrected chi connectivity index (χ3v) is 6.42. The predicted octanol–water partition coefficient (Wildman–Crippen LogP) is 8.80. The molecular weight excluding hydrogens is 412 g/mol. The van der Waals surface area contributed by atoms with E-state index in [0.29, 0.717) is 26.1 Å². The average Bonchev–Trinajstić information content (AvgIpc) is 2.76. The fraction of sp³-hybridized carbons (Fsp3) is 0.931. The molecule has 0 bridgehead atoms. The Hall–Kier alpha value is -1.06. The van der Waals surface area contributed by atoms with E-state index in [1.54, 1.807) is 0 Å². The Morgan fingerprint density at radius 3 is 1.48 bits per heavy atom. The summed E-state index contributed by atoms with van der Waals surface area (Å²) in [7, 11) is 0. The van der Waals surface area contributed by atoms with Gasteiger partial charge in [-0.05, 0) is 39.0 Å². The summed E-state index contributed by atoms with van der Waals surface area (Å²) >= 11 is 0. The van der Waals surface area contributed by atoms with Crippen molar-refractivity contribution in [2.24, 2.45) is 11.3 Å². The number of ether oxygens (including phenoxy) is 2. The van der Waals surface area contributed by atoms with Crippen LogP contribution in [0.15, 0.2) is 0 Å². The monoisotopic (exact) mass is 468 g/mol. The molecule has 0 aromatic carbocycles. The second kappa shape index (κ2) is 21.5. The number of unbranched alkanes of at least 4 members (excludes halogenated alkanes) is 14.